The minimum absolute atomic E-state index is 0.0877. The number of amides is 1. The number of hydrogen-bond acceptors (Lipinski definition) is 6. The second kappa shape index (κ2) is 13.8. The highest BCUT2D eigenvalue weighted by Crippen LogP contribution is 2.40. The number of likely N-dealkylation sites (N-methyl/N-ethyl adjacent to an activating group) is 1. The van der Waals surface area contributed by atoms with E-state index in [1.54, 1.807) is 29.2 Å². The van der Waals surface area contributed by atoms with Crippen LogP contribution < -0.4 is 9.47 Å². The second-order valence-corrected chi connectivity index (χ2v) is 9.74. The highest BCUT2D eigenvalue weighted by Gasteiger charge is 2.46. The van der Waals surface area contributed by atoms with Gasteiger partial charge in [0.25, 0.3) is 11.7 Å². The number of carbonyl (C=O) groups excluding carboxylic acids is 2. The SMILES string of the molecule is CCCOc1ccc(/C(O)=C2\C(=O)C(=O)N(CCN(CC)CC)C2c2ccc(OCc3ccccc3)cc2)cc1. The fraction of sp³-hybridized carbons (Fsp3) is 0.333. The van der Waals surface area contributed by atoms with Crippen molar-refractivity contribution >= 4 is 17.4 Å². The number of ketones is 1. The average molecular weight is 543 g/mol. The molecule has 7 heteroatoms. The molecule has 1 heterocycles. The first-order valence-electron chi connectivity index (χ1n) is 14.0. The number of carbonyl (C=O) groups is 2. The molecular weight excluding hydrogens is 504 g/mol. The maximum Gasteiger partial charge on any atom is 0.295 e. The minimum atomic E-state index is -0.713. The normalized spacial score (nSPS) is 16.5. The van der Waals surface area contributed by atoms with Gasteiger partial charge in [0.2, 0.25) is 0 Å². The van der Waals surface area contributed by atoms with Crippen molar-refractivity contribution in [3.8, 4) is 11.5 Å². The molecule has 4 rings (SSSR count). The third-order valence-corrected chi connectivity index (χ3v) is 7.14. The van der Waals surface area contributed by atoms with Crippen LogP contribution in [0.1, 0.15) is 49.9 Å². The Hall–Kier alpha value is -4.10. The van der Waals surface area contributed by atoms with Gasteiger partial charge in [0.05, 0.1) is 18.2 Å². The molecule has 1 aliphatic rings. The number of aliphatic hydroxyl groups excluding tert-OH is 1. The molecule has 0 saturated carbocycles. The van der Waals surface area contributed by atoms with Crippen molar-refractivity contribution in [2.24, 2.45) is 0 Å². The monoisotopic (exact) mass is 542 g/mol. The molecule has 210 valence electrons. The van der Waals surface area contributed by atoms with E-state index in [1.165, 1.54) is 0 Å². The predicted molar refractivity (Wildman–Crippen MR) is 156 cm³/mol. The summed E-state index contributed by atoms with van der Waals surface area (Å²) in [6.07, 6.45) is 0.884. The van der Waals surface area contributed by atoms with Crippen LogP contribution in [0.2, 0.25) is 0 Å². The summed E-state index contributed by atoms with van der Waals surface area (Å²) >= 11 is 0. The van der Waals surface area contributed by atoms with Gasteiger partial charge in [-0.1, -0.05) is 63.2 Å². The Morgan fingerprint density at radius 2 is 1.48 bits per heavy atom. The maximum absolute atomic E-state index is 13.4. The van der Waals surface area contributed by atoms with E-state index in [0.717, 1.165) is 30.6 Å². The summed E-state index contributed by atoms with van der Waals surface area (Å²) in [4.78, 5) is 30.4. The molecule has 7 nitrogen and oxygen atoms in total. The van der Waals surface area contributed by atoms with Gasteiger partial charge < -0.3 is 24.4 Å². The lowest BCUT2D eigenvalue weighted by Crippen LogP contribution is -2.38. The summed E-state index contributed by atoms with van der Waals surface area (Å²) in [6, 6.07) is 23.5. The molecular formula is C33H38N2O5. The van der Waals surface area contributed by atoms with Crippen molar-refractivity contribution in [3.05, 3.63) is 101 Å². The fourth-order valence-corrected chi connectivity index (χ4v) is 4.82. The third-order valence-electron chi connectivity index (χ3n) is 7.14. The molecule has 1 atom stereocenters. The Morgan fingerprint density at radius 1 is 0.850 bits per heavy atom. The van der Waals surface area contributed by atoms with E-state index in [2.05, 4.69) is 18.7 Å². The Bertz CT molecular complexity index is 1300. The highest BCUT2D eigenvalue weighted by molar-refractivity contribution is 6.46. The number of hydrogen-bond donors (Lipinski definition) is 1. The Kier molecular flexibility index (Phi) is 9.97. The van der Waals surface area contributed by atoms with Crippen LogP contribution in [0.5, 0.6) is 11.5 Å². The topological polar surface area (TPSA) is 79.3 Å². The first kappa shape index (κ1) is 28.9. The number of benzene rings is 3. The molecule has 0 aliphatic carbocycles. The molecule has 3 aromatic carbocycles. The Labute approximate surface area is 236 Å². The number of ether oxygens (including phenoxy) is 2. The summed E-state index contributed by atoms with van der Waals surface area (Å²) < 4.78 is 11.6. The van der Waals surface area contributed by atoms with Crippen LogP contribution in [0.4, 0.5) is 0 Å². The molecule has 0 aromatic heterocycles. The van der Waals surface area contributed by atoms with Gasteiger partial charge in [-0.05, 0) is 67.0 Å². The fourth-order valence-electron chi connectivity index (χ4n) is 4.82. The molecule has 1 saturated heterocycles. The molecule has 0 spiro atoms. The number of aliphatic hydroxyl groups is 1. The van der Waals surface area contributed by atoms with E-state index in [9.17, 15) is 14.7 Å². The quantitative estimate of drug-likeness (QED) is 0.167. The largest absolute Gasteiger partial charge is 0.507 e. The standard InChI is InChI=1S/C33H38N2O5/c1-4-22-39-27-18-14-26(15-19-27)31(36)29-30(35(33(38)32(29)37)21-20-34(5-2)6-3)25-12-16-28(17-13-25)40-23-24-10-8-7-9-11-24/h7-19,30,36H,4-6,20-23H2,1-3H3/b31-29+. The van der Waals surface area contributed by atoms with Crippen LogP contribution in [0.3, 0.4) is 0 Å². The number of rotatable bonds is 13. The third kappa shape index (κ3) is 6.72. The van der Waals surface area contributed by atoms with Crippen LogP contribution in [0.25, 0.3) is 5.76 Å². The van der Waals surface area contributed by atoms with Crippen LogP contribution in [0, 0.1) is 0 Å². The zero-order valence-electron chi connectivity index (χ0n) is 23.5. The molecule has 1 aliphatic heterocycles. The molecule has 1 fully saturated rings. The van der Waals surface area contributed by atoms with Crippen molar-refractivity contribution in [2.45, 2.75) is 39.8 Å². The van der Waals surface area contributed by atoms with Crippen LogP contribution in [0.15, 0.2) is 84.4 Å². The highest BCUT2D eigenvalue weighted by atomic mass is 16.5. The van der Waals surface area contributed by atoms with Crippen molar-refractivity contribution in [2.75, 3.05) is 32.8 Å². The lowest BCUT2D eigenvalue weighted by atomic mass is 9.95. The van der Waals surface area contributed by atoms with E-state index >= 15 is 0 Å². The van der Waals surface area contributed by atoms with Crippen molar-refractivity contribution in [1.29, 1.82) is 0 Å². The Balaban J connectivity index is 1.65. The molecule has 40 heavy (non-hydrogen) atoms. The van der Waals surface area contributed by atoms with E-state index in [4.69, 9.17) is 9.47 Å². The summed E-state index contributed by atoms with van der Waals surface area (Å²) in [5.41, 5.74) is 2.33. The molecule has 0 radical (unpaired) electrons. The number of nitrogens with zero attached hydrogens (tertiary/aromatic N) is 2. The van der Waals surface area contributed by atoms with Gasteiger partial charge in [-0.15, -0.1) is 0 Å². The van der Waals surface area contributed by atoms with Crippen molar-refractivity contribution in [1.82, 2.24) is 9.80 Å². The number of likely N-dealkylation sites (tertiary alicyclic amines) is 1. The molecule has 3 aromatic rings. The second-order valence-electron chi connectivity index (χ2n) is 9.74. The summed E-state index contributed by atoms with van der Waals surface area (Å²) in [5.74, 6) is -0.125. The van der Waals surface area contributed by atoms with E-state index in [-0.39, 0.29) is 11.3 Å². The van der Waals surface area contributed by atoms with Gasteiger partial charge in [0.15, 0.2) is 0 Å². The maximum atomic E-state index is 13.4. The van der Waals surface area contributed by atoms with Gasteiger partial charge in [0.1, 0.15) is 23.9 Å². The van der Waals surface area contributed by atoms with Crippen LogP contribution in [-0.4, -0.2) is 59.4 Å². The summed E-state index contributed by atoms with van der Waals surface area (Å²) in [7, 11) is 0. The zero-order chi connectivity index (χ0) is 28.5. The van der Waals surface area contributed by atoms with E-state index in [0.29, 0.717) is 43.4 Å². The van der Waals surface area contributed by atoms with Crippen molar-refractivity contribution < 1.29 is 24.2 Å². The van der Waals surface area contributed by atoms with Crippen LogP contribution in [-0.2, 0) is 16.2 Å². The smallest absolute Gasteiger partial charge is 0.295 e. The molecule has 1 unspecified atom stereocenters. The van der Waals surface area contributed by atoms with Gasteiger partial charge in [-0.25, -0.2) is 0 Å². The first-order chi connectivity index (χ1) is 19.5. The van der Waals surface area contributed by atoms with Gasteiger partial charge in [0, 0.05) is 18.7 Å². The van der Waals surface area contributed by atoms with Crippen LogP contribution >= 0.6 is 0 Å². The van der Waals surface area contributed by atoms with Gasteiger partial charge >= 0.3 is 0 Å². The van der Waals surface area contributed by atoms with Gasteiger partial charge in [-0.2, -0.15) is 0 Å². The molecule has 1 N–H and O–H groups in total. The molecule has 1 amide bonds. The predicted octanol–water partition coefficient (Wildman–Crippen LogP) is 5.82. The van der Waals surface area contributed by atoms with Crippen molar-refractivity contribution in [3.63, 3.8) is 0 Å². The number of Topliss-reactive ketones (excluding diaryl/α,β-unsaturated/α-hetero) is 1. The van der Waals surface area contributed by atoms with Gasteiger partial charge in [-0.3, -0.25) is 9.59 Å². The van der Waals surface area contributed by atoms with E-state index < -0.39 is 17.7 Å². The Morgan fingerprint density at radius 3 is 2.10 bits per heavy atom. The summed E-state index contributed by atoms with van der Waals surface area (Å²) in [6.45, 7) is 9.85. The summed E-state index contributed by atoms with van der Waals surface area (Å²) in [5, 5.41) is 11.4. The lowest BCUT2D eigenvalue weighted by Gasteiger charge is -2.28. The first-order valence-corrected chi connectivity index (χ1v) is 14.0. The van der Waals surface area contributed by atoms with E-state index in [1.807, 2.05) is 61.5 Å². The molecule has 0 bridgehead atoms. The average Bonchev–Trinajstić information content (AvgIpc) is 3.25. The zero-order valence-corrected chi connectivity index (χ0v) is 23.5. The minimum Gasteiger partial charge on any atom is -0.507 e. The lowest BCUT2D eigenvalue weighted by molar-refractivity contribution is -0.140.